The van der Waals surface area contributed by atoms with E-state index in [2.05, 4.69) is 31.3 Å². The smallest absolute Gasteiger partial charge is 0.337 e. The minimum Gasteiger partial charge on any atom is -0.488 e. The Hall–Kier alpha value is -3.92. The number of halogens is 2. The number of rotatable bonds is 8. The fourth-order valence-electron chi connectivity index (χ4n) is 4.37. The SMILES string of the molecule is COC(=O)c1ccc(OC[C@@]2(F)CCCN2C(=O)Cc2ccc(NC(=O)Nc3ccccc3C)c(Br)c2)cc1. The van der Waals surface area contributed by atoms with Gasteiger partial charge in [0.15, 0.2) is 0 Å². The number of esters is 1. The number of methoxy groups -OCH3 is 1. The molecule has 1 fully saturated rings. The fourth-order valence-corrected chi connectivity index (χ4v) is 4.90. The third-order valence-electron chi connectivity index (χ3n) is 6.49. The first-order chi connectivity index (χ1) is 18.7. The molecule has 0 unspecified atom stereocenters. The zero-order chi connectivity index (χ0) is 28.0. The molecule has 3 amide bonds. The summed E-state index contributed by atoms with van der Waals surface area (Å²) < 4.78 is 26.7. The first kappa shape index (κ1) is 28.1. The number of carbonyl (C=O) groups excluding carboxylic acids is 3. The maximum atomic E-state index is 15.8. The van der Waals surface area contributed by atoms with E-state index in [1.807, 2.05) is 31.2 Å². The van der Waals surface area contributed by atoms with Gasteiger partial charge in [0.25, 0.3) is 0 Å². The van der Waals surface area contributed by atoms with E-state index in [1.165, 1.54) is 24.1 Å². The van der Waals surface area contributed by atoms with Crippen molar-refractivity contribution in [2.24, 2.45) is 0 Å². The second kappa shape index (κ2) is 12.3. The van der Waals surface area contributed by atoms with Crippen molar-refractivity contribution in [2.45, 2.75) is 32.0 Å². The summed E-state index contributed by atoms with van der Waals surface area (Å²) in [5.41, 5.74) is 3.20. The molecular formula is C29H29BrFN3O5. The number of amides is 3. The molecule has 0 radical (unpaired) electrons. The number of urea groups is 1. The van der Waals surface area contributed by atoms with Crippen molar-refractivity contribution >= 4 is 45.2 Å². The fraction of sp³-hybridized carbons (Fsp3) is 0.276. The molecule has 1 aliphatic heterocycles. The van der Waals surface area contributed by atoms with E-state index in [4.69, 9.17) is 4.74 Å². The maximum Gasteiger partial charge on any atom is 0.337 e. The van der Waals surface area contributed by atoms with Crippen LogP contribution in [0, 0.1) is 6.92 Å². The molecule has 0 aliphatic carbocycles. The van der Waals surface area contributed by atoms with Gasteiger partial charge in [0.2, 0.25) is 11.7 Å². The van der Waals surface area contributed by atoms with Crippen LogP contribution in [0.3, 0.4) is 0 Å². The van der Waals surface area contributed by atoms with Gasteiger partial charge in [-0.05, 0) is 82.9 Å². The van der Waals surface area contributed by atoms with Gasteiger partial charge in [-0.1, -0.05) is 24.3 Å². The van der Waals surface area contributed by atoms with Crippen LogP contribution in [0.1, 0.15) is 34.3 Å². The van der Waals surface area contributed by atoms with Crippen LogP contribution in [-0.2, 0) is 16.0 Å². The van der Waals surface area contributed by atoms with Crippen molar-refractivity contribution in [3.63, 3.8) is 0 Å². The van der Waals surface area contributed by atoms with E-state index < -0.39 is 17.8 Å². The van der Waals surface area contributed by atoms with Gasteiger partial charge in [0.05, 0.1) is 24.8 Å². The standard InChI is InChI=1S/C29H29BrFN3O5/c1-19-6-3-4-7-24(19)32-28(37)33-25-13-8-20(16-23(25)30)17-26(35)34-15-5-14-29(34,31)18-39-22-11-9-21(10-12-22)27(36)38-2/h3-4,6-13,16H,5,14-15,17-18H2,1-2H3,(H2,32,33,37)/t29-/m1/s1. The number of alkyl halides is 1. The Morgan fingerprint density at radius 2 is 1.74 bits per heavy atom. The van der Waals surface area contributed by atoms with Crippen LogP contribution >= 0.6 is 15.9 Å². The van der Waals surface area contributed by atoms with E-state index in [0.29, 0.717) is 45.7 Å². The van der Waals surface area contributed by atoms with Crippen molar-refractivity contribution in [1.82, 2.24) is 4.90 Å². The Morgan fingerprint density at radius 3 is 2.44 bits per heavy atom. The summed E-state index contributed by atoms with van der Waals surface area (Å²) in [5.74, 6) is -2.39. The van der Waals surface area contributed by atoms with Crippen LogP contribution in [0.2, 0.25) is 0 Å². The average Bonchev–Trinajstić information content (AvgIpc) is 3.32. The molecule has 4 rings (SSSR count). The van der Waals surface area contributed by atoms with Gasteiger partial charge in [-0.25, -0.2) is 14.0 Å². The molecule has 1 atom stereocenters. The number of hydrogen-bond acceptors (Lipinski definition) is 5. The van der Waals surface area contributed by atoms with Gasteiger partial charge in [0.1, 0.15) is 12.4 Å². The van der Waals surface area contributed by atoms with Crippen molar-refractivity contribution in [3.05, 3.63) is 87.9 Å². The van der Waals surface area contributed by atoms with Crippen molar-refractivity contribution in [3.8, 4) is 5.75 Å². The molecule has 204 valence electrons. The highest BCUT2D eigenvalue weighted by molar-refractivity contribution is 9.10. The van der Waals surface area contributed by atoms with E-state index in [-0.39, 0.29) is 25.4 Å². The van der Waals surface area contributed by atoms with Crippen LogP contribution in [0.5, 0.6) is 5.75 Å². The Kier molecular flexibility index (Phi) is 8.86. The lowest BCUT2D eigenvalue weighted by atomic mass is 10.1. The molecule has 8 nitrogen and oxygen atoms in total. The monoisotopic (exact) mass is 597 g/mol. The maximum absolute atomic E-state index is 15.8. The summed E-state index contributed by atoms with van der Waals surface area (Å²) >= 11 is 3.45. The second-order valence-corrected chi connectivity index (χ2v) is 10.1. The molecule has 2 N–H and O–H groups in total. The van der Waals surface area contributed by atoms with Crippen LogP contribution in [0.25, 0.3) is 0 Å². The average molecular weight is 598 g/mol. The first-order valence-electron chi connectivity index (χ1n) is 12.4. The van der Waals surface area contributed by atoms with Crippen LogP contribution in [0.4, 0.5) is 20.6 Å². The Bertz CT molecular complexity index is 1370. The van der Waals surface area contributed by atoms with E-state index >= 15 is 4.39 Å². The predicted octanol–water partition coefficient (Wildman–Crippen LogP) is 6.10. The number of likely N-dealkylation sites (tertiary alicyclic amines) is 1. The number of carbonyl (C=O) groups is 3. The number of benzene rings is 3. The van der Waals surface area contributed by atoms with Gasteiger partial charge >= 0.3 is 12.0 Å². The molecule has 0 aromatic heterocycles. The number of nitrogens with zero attached hydrogens (tertiary/aromatic N) is 1. The number of para-hydroxylation sites is 1. The Morgan fingerprint density at radius 1 is 1.03 bits per heavy atom. The topological polar surface area (TPSA) is 97.0 Å². The first-order valence-corrected chi connectivity index (χ1v) is 13.2. The van der Waals surface area contributed by atoms with Crippen LogP contribution < -0.4 is 15.4 Å². The highest BCUT2D eigenvalue weighted by Gasteiger charge is 2.44. The lowest BCUT2D eigenvalue weighted by Gasteiger charge is -2.31. The van der Waals surface area contributed by atoms with Gasteiger partial charge in [-0.3, -0.25) is 4.79 Å². The minimum atomic E-state index is -1.94. The summed E-state index contributed by atoms with van der Waals surface area (Å²) in [6, 6.07) is 18.4. The third kappa shape index (κ3) is 6.94. The van der Waals surface area contributed by atoms with Gasteiger partial charge in [-0.15, -0.1) is 0 Å². The molecule has 0 bridgehead atoms. The van der Waals surface area contributed by atoms with Gasteiger partial charge < -0.3 is 25.0 Å². The second-order valence-electron chi connectivity index (χ2n) is 9.26. The lowest BCUT2D eigenvalue weighted by molar-refractivity contribution is -0.144. The van der Waals surface area contributed by atoms with Crippen molar-refractivity contribution in [1.29, 1.82) is 0 Å². The molecule has 1 heterocycles. The summed E-state index contributed by atoms with van der Waals surface area (Å²) in [7, 11) is 1.29. The normalized spacial score (nSPS) is 16.5. The molecule has 1 saturated heterocycles. The van der Waals surface area contributed by atoms with Gasteiger partial charge in [-0.2, -0.15) is 0 Å². The molecular weight excluding hydrogens is 569 g/mol. The highest BCUT2D eigenvalue weighted by Crippen LogP contribution is 2.33. The number of aryl methyl sites for hydroxylation is 1. The lowest BCUT2D eigenvalue weighted by Crippen LogP contribution is -2.48. The quantitative estimate of drug-likeness (QED) is 0.242. The zero-order valence-corrected chi connectivity index (χ0v) is 23.2. The number of ether oxygens (including phenoxy) is 2. The molecule has 3 aromatic rings. The minimum absolute atomic E-state index is 0.00617. The molecule has 10 heteroatoms. The van der Waals surface area contributed by atoms with Crippen LogP contribution in [0.15, 0.2) is 71.2 Å². The number of anilines is 2. The van der Waals surface area contributed by atoms with Crippen LogP contribution in [-0.4, -0.2) is 48.9 Å². The Labute approximate surface area is 234 Å². The van der Waals surface area contributed by atoms with E-state index in [9.17, 15) is 14.4 Å². The molecule has 0 spiro atoms. The Balaban J connectivity index is 1.34. The molecule has 39 heavy (non-hydrogen) atoms. The van der Waals surface area contributed by atoms with E-state index in [0.717, 1.165) is 5.56 Å². The molecule has 0 saturated carbocycles. The van der Waals surface area contributed by atoms with Crippen molar-refractivity contribution in [2.75, 3.05) is 30.9 Å². The summed E-state index contributed by atoms with van der Waals surface area (Å²) in [6.45, 7) is 1.87. The number of hydrogen-bond donors (Lipinski definition) is 2. The largest absolute Gasteiger partial charge is 0.488 e. The third-order valence-corrected chi connectivity index (χ3v) is 7.15. The zero-order valence-electron chi connectivity index (χ0n) is 21.6. The molecule has 3 aromatic carbocycles. The molecule has 1 aliphatic rings. The van der Waals surface area contributed by atoms with E-state index in [1.54, 1.807) is 30.3 Å². The van der Waals surface area contributed by atoms with Gasteiger partial charge in [0, 0.05) is 23.1 Å². The summed E-state index contributed by atoms with van der Waals surface area (Å²) in [4.78, 5) is 38.3. The highest BCUT2D eigenvalue weighted by atomic mass is 79.9. The summed E-state index contributed by atoms with van der Waals surface area (Å²) in [6.07, 6.45) is 0.685. The predicted molar refractivity (Wildman–Crippen MR) is 150 cm³/mol. The number of nitrogens with one attached hydrogen (secondary N) is 2. The summed E-state index contributed by atoms with van der Waals surface area (Å²) in [5, 5.41) is 5.59. The van der Waals surface area contributed by atoms with Crippen molar-refractivity contribution < 1.29 is 28.2 Å².